The van der Waals surface area contributed by atoms with Crippen molar-refractivity contribution >= 4 is 24.3 Å². The van der Waals surface area contributed by atoms with E-state index in [0.717, 1.165) is 12.8 Å². The van der Waals surface area contributed by atoms with Crippen molar-refractivity contribution in [2.45, 2.75) is 52.1 Å². The van der Waals surface area contributed by atoms with Crippen LogP contribution in [0, 0.1) is 5.41 Å². The molecule has 1 rings (SSSR count). The highest BCUT2D eigenvalue weighted by Gasteiger charge is 2.37. The monoisotopic (exact) mass is 306 g/mol. The number of nitrogens with zero attached hydrogens (tertiary/aromatic N) is 1. The number of likely N-dealkylation sites (tertiary alicyclic amines) is 1. The maximum Gasteiger partial charge on any atom is 0.312 e. The van der Waals surface area contributed by atoms with Crippen LogP contribution in [0.4, 0.5) is 4.79 Å². The van der Waals surface area contributed by atoms with E-state index in [1.807, 2.05) is 6.92 Å². The summed E-state index contributed by atoms with van der Waals surface area (Å²) in [5.74, 6) is -0.0550. The smallest absolute Gasteiger partial charge is 0.312 e. The SMILES string of the molecule is CCC[C@@H](NC(N)=O)C(=O)N1CCC(N)C(C)(C)C1.Cl. The van der Waals surface area contributed by atoms with Gasteiger partial charge in [-0.2, -0.15) is 0 Å². The predicted octanol–water partition coefficient (Wildman–Crippen LogP) is 0.831. The summed E-state index contributed by atoms with van der Waals surface area (Å²) in [4.78, 5) is 25.2. The van der Waals surface area contributed by atoms with Crippen molar-refractivity contribution in [3.8, 4) is 0 Å². The number of amides is 3. The molecule has 0 aromatic heterocycles. The largest absolute Gasteiger partial charge is 0.352 e. The quantitative estimate of drug-likeness (QED) is 0.717. The van der Waals surface area contributed by atoms with Gasteiger partial charge in [0, 0.05) is 19.1 Å². The molecular weight excluding hydrogens is 280 g/mol. The number of carbonyl (C=O) groups excluding carboxylic acids is 2. The first-order valence-corrected chi connectivity index (χ1v) is 6.88. The number of halogens is 1. The average molecular weight is 307 g/mol. The number of rotatable bonds is 4. The fourth-order valence-corrected chi connectivity index (χ4v) is 2.50. The second-order valence-electron chi connectivity index (χ2n) is 5.99. The second-order valence-corrected chi connectivity index (χ2v) is 5.99. The molecule has 0 saturated carbocycles. The van der Waals surface area contributed by atoms with Gasteiger partial charge in [-0.05, 0) is 18.3 Å². The van der Waals surface area contributed by atoms with E-state index in [2.05, 4.69) is 19.2 Å². The van der Waals surface area contributed by atoms with Crippen molar-refractivity contribution in [1.29, 1.82) is 0 Å². The number of primary amides is 1. The molecule has 20 heavy (non-hydrogen) atoms. The van der Waals surface area contributed by atoms with E-state index in [9.17, 15) is 9.59 Å². The van der Waals surface area contributed by atoms with Gasteiger partial charge in [0.1, 0.15) is 6.04 Å². The lowest BCUT2D eigenvalue weighted by molar-refractivity contribution is -0.136. The highest BCUT2D eigenvalue weighted by atomic mass is 35.5. The third-order valence-electron chi connectivity index (χ3n) is 3.82. The first kappa shape index (κ1) is 19.0. The fourth-order valence-electron chi connectivity index (χ4n) is 2.50. The van der Waals surface area contributed by atoms with Crippen LogP contribution in [0.5, 0.6) is 0 Å². The highest BCUT2D eigenvalue weighted by Crippen LogP contribution is 2.28. The normalized spacial score (nSPS) is 22.6. The molecule has 6 nitrogen and oxygen atoms in total. The first-order valence-electron chi connectivity index (χ1n) is 6.88. The Hall–Kier alpha value is -1.01. The summed E-state index contributed by atoms with van der Waals surface area (Å²) in [6, 6.07) is -1.07. The number of nitrogens with two attached hydrogens (primary N) is 2. The molecule has 0 aliphatic carbocycles. The Morgan fingerprint density at radius 2 is 2.05 bits per heavy atom. The van der Waals surface area contributed by atoms with Gasteiger partial charge >= 0.3 is 6.03 Å². The summed E-state index contributed by atoms with van der Waals surface area (Å²) in [6.45, 7) is 7.36. The van der Waals surface area contributed by atoms with E-state index in [0.29, 0.717) is 19.5 Å². The topological polar surface area (TPSA) is 101 Å². The molecule has 2 atom stereocenters. The predicted molar refractivity (Wildman–Crippen MR) is 81.6 cm³/mol. The van der Waals surface area contributed by atoms with Gasteiger partial charge in [0.15, 0.2) is 0 Å². The Kier molecular flexibility index (Phi) is 7.30. The highest BCUT2D eigenvalue weighted by molar-refractivity contribution is 5.86. The standard InChI is InChI=1S/C13H26N4O2.ClH/c1-4-5-9(16-12(15)19)11(18)17-7-6-10(14)13(2,3)8-17;/h9-10H,4-8,14H2,1-3H3,(H3,15,16,19);1H/t9-,10?;/m1./s1. The number of nitrogens with one attached hydrogen (secondary N) is 1. The summed E-state index contributed by atoms with van der Waals surface area (Å²) in [7, 11) is 0. The number of urea groups is 1. The van der Waals surface area contributed by atoms with Crippen LogP contribution in [-0.4, -0.2) is 42.0 Å². The van der Waals surface area contributed by atoms with E-state index in [1.165, 1.54) is 0 Å². The molecule has 1 fully saturated rings. The number of hydrogen-bond donors (Lipinski definition) is 3. The van der Waals surface area contributed by atoms with E-state index in [4.69, 9.17) is 11.5 Å². The average Bonchev–Trinajstić information content (AvgIpc) is 2.30. The minimum absolute atomic E-state index is 0. The lowest BCUT2D eigenvalue weighted by Crippen LogP contribution is -2.58. The van der Waals surface area contributed by atoms with E-state index in [1.54, 1.807) is 4.90 Å². The van der Waals surface area contributed by atoms with Crippen LogP contribution in [0.15, 0.2) is 0 Å². The summed E-state index contributed by atoms with van der Waals surface area (Å²) in [6.07, 6.45) is 2.20. The third kappa shape index (κ3) is 4.83. The van der Waals surface area contributed by atoms with Gasteiger partial charge in [0.25, 0.3) is 0 Å². The number of carbonyl (C=O) groups is 2. The van der Waals surface area contributed by atoms with Gasteiger partial charge in [0.2, 0.25) is 5.91 Å². The van der Waals surface area contributed by atoms with Crippen molar-refractivity contribution in [1.82, 2.24) is 10.2 Å². The second kappa shape index (κ2) is 7.69. The lowest BCUT2D eigenvalue weighted by atomic mass is 9.79. The molecule has 7 heteroatoms. The van der Waals surface area contributed by atoms with Crippen LogP contribution >= 0.6 is 12.4 Å². The molecule has 1 heterocycles. The molecule has 1 unspecified atom stereocenters. The van der Waals surface area contributed by atoms with Crippen LogP contribution in [-0.2, 0) is 4.79 Å². The molecule has 3 amide bonds. The zero-order chi connectivity index (χ0) is 14.6. The molecule has 0 aromatic carbocycles. The van der Waals surface area contributed by atoms with Crippen molar-refractivity contribution in [3.05, 3.63) is 0 Å². The Labute approximate surface area is 127 Å². The van der Waals surface area contributed by atoms with Crippen molar-refractivity contribution < 1.29 is 9.59 Å². The molecule has 0 aromatic rings. The molecule has 1 aliphatic heterocycles. The molecule has 118 valence electrons. The molecule has 0 bridgehead atoms. The van der Waals surface area contributed by atoms with Gasteiger partial charge in [-0.1, -0.05) is 27.2 Å². The Bertz CT molecular complexity index is 349. The van der Waals surface area contributed by atoms with E-state index < -0.39 is 12.1 Å². The van der Waals surface area contributed by atoms with Gasteiger partial charge in [-0.15, -0.1) is 12.4 Å². The maximum absolute atomic E-state index is 12.4. The minimum atomic E-state index is -0.653. The zero-order valence-corrected chi connectivity index (χ0v) is 13.3. The van der Waals surface area contributed by atoms with Crippen molar-refractivity contribution in [3.63, 3.8) is 0 Å². The summed E-state index contributed by atoms with van der Waals surface area (Å²) < 4.78 is 0. The molecule has 5 N–H and O–H groups in total. The first-order chi connectivity index (χ1) is 8.77. The molecule has 0 radical (unpaired) electrons. The van der Waals surface area contributed by atoms with Crippen molar-refractivity contribution in [2.24, 2.45) is 16.9 Å². The van der Waals surface area contributed by atoms with Crippen LogP contribution < -0.4 is 16.8 Å². The summed E-state index contributed by atoms with van der Waals surface area (Å²) in [5.41, 5.74) is 11.1. The lowest BCUT2D eigenvalue weighted by Gasteiger charge is -2.43. The Morgan fingerprint density at radius 1 is 1.45 bits per heavy atom. The maximum atomic E-state index is 12.4. The van der Waals surface area contributed by atoms with Crippen LogP contribution in [0.25, 0.3) is 0 Å². The van der Waals surface area contributed by atoms with Gasteiger partial charge in [-0.25, -0.2) is 4.79 Å². The minimum Gasteiger partial charge on any atom is -0.352 e. The molecular formula is C13H27ClN4O2. The molecule has 0 spiro atoms. The van der Waals surface area contributed by atoms with Gasteiger partial charge < -0.3 is 21.7 Å². The summed E-state index contributed by atoms with van der Waals surface area (Å²) >= 11 is 0. The van der Waals surface area contributed by atoms with E-state index >= 15 is 0 Å². The number of piperidine rings is 1. The zero-order valence-electron chi connectivity index (χ0n) is 12.5. The van der Waals surface area contributed by atoms with Crippen LogP contribution in [0.1, 0.15) is 40.0 Å². The molecule has 1 aliphatic rings. The van der Waals surface area contributed by atoms with Crippen molar-refractivity contribution in [2.75, 3.05) is 13.1 Å². The third-order valence-corrected chi connectivity index (χ3v) is 3.82. The van der Waals surface area contributed by atoms with Gasteiger partial charge in [-0.3, -0.25) is 4.79 Å². The molecule has 1 saturated heterocycles. The van der Waals surface area contributed by atoms with Crippen LogP contribution in [0.2, 0.25) is 0 Å². The summed E-state index contributed by atoms with van der Waals surface area (Å²) in [5, 5.41) is 2.53. The Balaban J connectivity index is 0.00000361. The fraction of sp³-hybridized carbons (Fsp3) is 0.846. The van der Waals surface area contributed by atoms with E-state index in [-0.39, 0.29) is 29.8 Å². The Morgan fingerprint density at radius 3 is 2.50 bits per heavy atom. The van der Waals surface area contributed by atoms with Crippen LogP contribution in [0.3, 0.4) is 0 Å². The number of hydrogen-bond acceptors (Lipinski definition) is 3. The van der Waals surface area contributed by atoms with Gasteiger partial charge in [0.05, 0.1) is 0 Å².